The van der Waals surface area contributed by atoms with Gasteiger partial charge in [0.1, 0.15) is 24.7 Å². The van der Waals surface area contributed by atoms with E-state index in [4.69, 9.17) is 9.47 Å². The molecule has 5 nitrogen and oxygen atoms in total. The molecular formula is C18H24N2O3. The van der Waals surface area contributed by atoms with Crippen LogP contribution in [0.2, 0.25) is 0 Å². The summed E-state index contributed by atoms with van der Waals surface area (Å²) in [6.07, 6.45) is 3.41. The SMILES string of the molecule is C=CCOc1ccc(CN2CCNC(=O)[C@H]2C)c(OCC=C)c1. The molecule has 1 N–H and O–H groups in total. The van der Waals surface area contributed by atoms with Crippen molar-refractivity contribution in [2.75, 3.05) is 26.3 Å². The van der Waals surface area contributed by atoms with Crippen molar-refractivity contribution in [3.8, 4) is 11.5 Å². The van der Waals surface area contributed by atoms with E-state index in [9.17, 15) is 4.79 Å². The van der Waals surface area contributed by atoms with Crippen LogP contribution in [0.3, 0.4) is 0 Å². The Morgan fingerprint density at radius 3 is 2.78 bits per heavy atom. The molecular weight excluding hydrogens is 292 g/mol. The Morgan fingerprint density at radius 2 is 2.04 bits per heavy atom. The molecule has 0 spiro atoms. The van der Waals surface area contributed by atoms with E-state index in [2.05, 4.69) is 23.4 Å². The van der Waals surface area contributed by atoms with Gasteiger partial charge in [-0.15, -0.1) is 0 Å². The summed E-state index contributed by atoms with van der Waals surface area (Å²) in [4.78, 5) is 13.9. The number of carbonyl (C=O) groups is 1. The average Bonchev–Trinajstić information content (AvgIpc) is 2.56. The Bertz CT molecular complexity index is 571. The lowest BCUT2D eigenvalue weighted by Crippen LogP contribution is -2.53. The molecule has 0 aromatic heterocycles. The van der Waals surface area contributed by atoms with Gasteiger partial charge in [0, 0.05) is 31.3 Å². The van der Waals surface area contributed by atoms with Crippen LogP contribution in [0.1, 0.15) is 12.5 Å². The minimum Gasteiger partial charge on any atom is -0.489 e. The molecule has 1 amide bonds. The second kappa shape index (κ2) is 8.39. The zero-order chi connectivity index (χ0) is 16.7. The van der Waals surface area contributed by atoms with Gasteiger partial charge in [-0.3, -0.25) is 9.69 Å². The maximum Gasteiger partial charge on any atom is 0.237 e. The first-order chi connectivity index (χ1) is 11.2. The van der Waals surface area contributed by atoms with Crippen molar-refractivity contribution in [1.29, 1.82) is 0 Å². The summed E-state index contributed by atoms with van der Waals surface area (Å²) in [5, 5.41) is 2.87. The number of rotatable bonds is 8. The topological polar surface area (TPSA) is 50.8 Å². The van der Waals surface area contributed by atoms with E-state index < -0.39 is 0 Å². The molecule has 0 radical (unpaired) electrons. The molecule has 0 bridgehead atoms. The van der Waals surface area contributed by atoms with Crippen LogP contribution in [0.15, 0.2) is 43.5 Å². The van der Waals surface area contributed by atoms with Gasteiger partial charge in [0.15, 0.2) is 0 Å². The van der Waals surface area contributed by atoms with Crippen LogP contribution in [0.5, 0.6) is 11.5 Å². The Kier molecular flexibility index (Phi) is 6.23. The van der Waals surface area contributed by atoms with E-state index in [1.54, 1.807) is 12.2 Å². The summed E-state index contributed by atoms with van der Waals surface area (Å²) in [5.74, 6) is 1.55. The molecule has 1 heterocycles. The van der Waals surface area contributed by atoms with Crippen LogP contribution in [0.25, 0.3) is 0 Å². The third-order valence-corrected chi connectivity index (χ3v) is 3.76. The van der Waals surface area contributed by atoms with Crippen LogP contribution >= 0.6 is 0 Å². The van der Waals surface area contributed by atoms with Crippen molar-refractivity contribution < 1.29 is 14.3 Å². The molecule has 1 aliphatic heterocycles. The Balaban J connectivity index is 2.16. The number of hydrogen-bond acceptors (Lipinski definition) is 4. The van der Waals surface area contributed by atoms with Crippen molar-refractivity contribution in [2.24, 2.45) is 0 Å². The van der Waals surface area contributed by atoms with Gasteiger partial charge in [-0.2, -0.15) is 0 Å². The van der Waals surface area contributed by atoms with Gasteiger partial charge >= 0.3 is 0 Å². The number of ether oxygens (including phenoxy) is 2. The van der Waals surface area contributed by atoms with E-state index in [0.29, 0.717) is 26.3 Å². The number of nitrogens with one attached hydrogen (secondary N) is 1. The highest BCUT2D eigenvalue weighted by atomic mass is 16.5. The highest BCUT2D eigenvalue weighted by molar-refractivity contribution is 5.82. The van der Waals surface area contributed by atoms with Gasteiger partial charge in [-0.1, -0.05) is 31.4 Å². The van der Waals surface area contributed by atoms with E-state index in [1.807, 2.05) is 25.1 Å². The zero-order valence-electron chi connectivity index (χ0n) is 13.6. The highest BCUT2D eigenvalue weighted by Crippen LogP contribution is 2.27. The number of benzene rings is 1. The Morgan fingerprint density at radius 1 is 1.30 bits per heavy atom. The Hall–Kier alpha value is -2.27. The second-order valence-electron chi connectivity index (χ2n) is 5.41. The lowest BCUT2D eigenvalue weighted by molar-refractivity contribution is -0.128. The summed E-state index contributed by atoms with van der Waals surface area (Å²) in [7, 11) is 0. The molecule has 23 heavy (non-hydrogen) atoms. The third kappa shape index (κ3) is 4.60. The smallest absolute Gasteiger partial charge is 0.237 e. The predicted octanol–water partition coefficient (Wildman–Crippen LogP) is 2.14. The molecule has 124 valence electrons. The molecule has 1 saturated heterocycles. The van der Waals surface area contributed by atoms with Crippen LogP contribution in [0.4, 0.5) is 0 Å². The summed E-state index contributed by atoms with van der Waals surface area (Å²) in [6.45, 7) is 12.3. The fourth-order valence-electron chi connectivity index (χ4n) is 2.46. The molecule has 0 unspecified atom stereocenters. The van der Waals surface area contributed by atoms with Gasteiger partial charge in [-0.25, -0.2) is 0 Å². The maximum absolute atomic E-state index is 11.8. The number of carbonyl (C=O) groups excluding carboxylic acids is 1. The molecule has 1 aliphatic rings. The molecule has 1 aromatic rings. The zero-order valence-corrected chi connectivity index (χ0v) is 13.6. The van der Waals surface area contributed by atoms with Gasteiger partial charge < -0.3 is 14.8 Å². The first kappa shape index (κ1) is 17.1. The van der Waals surface area contributed by atoms with Crippen LogP contribution in [0, 0.1) is 0 Å². The normalized spacial score (nSPS) is 18.1. The van der Waals surface area contributed by atoms with Crippen molar-refractivity contribution in [2.45, 2.75) is 19.5 Å². The molecule has 5 heteroatoms. The van der Waals surface area contributed by atoms with Crippen LogP contribution < -0.4 is 14.8 Å². The van der Waals surface area contributed by atoms with E-state index in [0.717, 1.165) is 23.6 Å². The fraction of sp³-hybridized carbons (Fsp3) is 0.389. The van der Waals surface area contributed by atoms with Gasteiger partial charge in [0.05, 0.1) is 6.04 Å². The molecule has 1 aromatic carbocycles. The predicted molar refractivity (Wildman–Crippen MR) is 90.7 cm³/mol. The number of nitrogens with zero attached hydrogens (tertiary/aromatic N) is 1. The number of amides is 1. The second-order valence-corrected chi connectivity index (χ2v) is 5.41. The standard InChI is InChI=1S/C18H24N2O3/c1-4-10-22-16-7-6-15(17(12-16)23-11-5-2)13-20-9-8-19-18(21)14(20)3/h4-7,12,14H,1-2,8-11,13H2,3H3,(H,19,21)/t14-/m1/s1. The van der Waals surface area contributed by atoms with Crippen molar-refractivity contribution in [3.63, 3.8) is 0 Å². The third-order valence-electron chi connectivity index (χ3n) is 3.76. The molecule has 0 saturated carbocycles. The number of hydrogen-bond donors (Lipinski definition) is 1. The summed E-state index contributed by atoms with van der Waals surface area (Å²) < 4.78 is 11.3. The molecule has 0 aliphatic carbocycles. The molecule has 2 rings (SSSR count). The van der Waals surface area contributed by atoms with E-state index in [-0.39, 0.29) is 11.9 Å². The van der Waals surface area contributed by atoms with Crippen molar-refractivity contribution in [1.82, 2.24) is 10.2 Å². The Labute approximate surface area is 137 Å². The van der Waals surface area contributed by atoms with E-state index >= 15 is 0 Å². The fourth-order valence-corrected chi connectivity index (χ4v) is 2.46. The lowest BCUT2D eigenvalue weighted by Gasteiger charge is -2.33. The minimum absolute atomic E-state index is 0.0655. The largest absolute Gasteiger partial charge is 0.489 e. The highest BCUT2D eigenvalue weighted by Gasteiger charge is 2.26. The van der Waals surface area contributed by atoms with Crippen LogP contribution in [-0.2, 0) is 11.3 Å². The van der Waals surface area contributed by atoms with Gasteiger partial charge in [-0.05, 0) is 13.0 Å². The molecule has 1 fully saturated rings. The summed E-state index contributed by atoms with van der Waals surface area (Å²) >= 11 is 0. The number of piperazine rings is 1. The summed E-state index contributed by atoms with van der Waals surface area (Å²) in [6, 6.07) is 5.62. The van der Waals surface area contributed by atoms with Crippen molar-refractivity contribution in [3.05, 3.63) is 49.1 Å². The minimum atomic E-state index is -0.146. The van der Waals surface area contributed by atoms with Gasteiger partial charge in [0.2, 0.25) is 5.91 Å². The quantitative estimate of drug-likeness (QED) is 0.747. The maximum atomic E-state index is 11.8. The van der Waals surface area contributed by atoms with Gasteiger partial charge in [0.25, 0.3) is 0 Å². The van der Waals surface area contributed by atoms with E-state index in [1.165, 1.54) is 0 Å². The lowest BCUT2D eigenvalue weighted by atomic mass is 10.1. The molecule has 1 atom stereocenters. The first-order valence-corrected chi connectivity index (χ1v) is 7.77. The van der Waals surface area contributed by atoms with Crippen LogP contribution in [-0.4, -0.2) is 43.2 Å². The monoisotopic (exact) mass is 316 g/mol. The van der Waals surface area contributed by atoms with Crippen molar-refractivity contribution >= 4 is 5.91 Å². The average molecular weight is 316 g/mol. The summed E-state index contributed by atoms with van der Waals surface area (Å²) in [5.41, 5.74) is 1.03. The first-order valence-electron chi connectivity index (χ1n) is 7.77.